The molecule has 2 aliphatic rings. The van der Waals surface area contributed by atoms with Gasteiger partial charge in [-0.05, 0) is 37.8 Å². The van der Waals surface area contributed by atoms with E-state index in [4.69, 9.17) is 5.73 Å². The summed E-state index contributed by atoms with van der Waals surface area (Å²) in [5.74, 6) is 0.732. The molecule has 1 aromatic heterocycles. The monoisotopic (exact) mass is 417 g/mol. The molecule has 1 atom stereocenters. The van der Waals surface area contributed by atoms with E-state index in [0.29, 0.717) is 31.7 Å². The molecule has 9 heteroatoms. The Bertz CT molecular complexity index is 608. The second kappa shape index (κ2) is 11.3. The molecule has 3 N–H and O–H groups in total. The van der Waals surface area contributed by atoms with Crippen LogP contribution in [0.5, 0.6) is 0 Å². The lowest BCUT2D eigenvalue weighted by atomic mass is 9.96. The van der Waals surface area contributed by atoms with Crippen molar-refractivity contribution in [3.63, 3.8) is 0 Å². The Morgan fingerprint density at radius 2 is 1.89 bits per heavy atom. The van der Waals surface area contributed by atoms with Gasteiger partial charge in [-0.15, -0.1) is 24.8 Å². The molecular weight excluding hydrogens is 389 g/mol. The number of rotatable bonds is 5. The Labute approximate surface area is 172 Å². The molecule has 0 aromatic carbocycles. The zero-order chi connectivity index (χ0) is 17.6. The largest absolute Gasteiger partial charge is 0.357 e. The van der Waals surface area contributed by atoms with Gasteiger partial charge in [0.25, 0.3) is 5.91 Å². The summed E-state index contributed by atoms with van der Waals surface area (Å²) in [4.78, 5) is 33.3. The fraction of sp³-hybridized carbons (Fsp3) is 0.611. The van der Waals surface area contributed by atoms with Crippen LogP contribution in [0, 0.1) is 5.92 Å². The first-order chi connectivity index (χ1) is 12.2. The van der Waals surface area contributed by atoms with Gasteiger partial charge in [-0.2, -0.15) is 0 Å². The van der Waals surface area contributed by atoms with E-state index < -0.39 is 0 Å². The highest BCUT2D eigenvalue weighted by Gasteiger charge is 2.29. The number of amides is 2. The van der Waals surface area contributed by atoms with E-state index in [9.17, 15) is 9.59 Å². The topological polar surface area (TPSA) is 91.6 Å². The minimum atomic E-state index is -0.152. The van der Waals surface area contributed by atoms with Crippen molar-refractivity contribution < 1.29 is 9.59 Å². The molecule has 0 saturated carbocycles. The summed E-state index contributed by atoms with van der Waals surface area (Å²) in [7, 11) is 0. The normalized spacial score (nSPS) is 19.1. The summed E-state index contributed by atoms with van der Waals surface area (Å²) < 4.78 is 0. The highest BCUT2D eigenvalue weighted by atomic mass is 35.5. The Morgan fingerprint density at radius 1 is 1.15 bits per heavy atom. The summed E-state index contributed by atoms with van der Waals surface area (Å²) in [6, 6.07) is 3.77. The number of nitrogens with one attached hydrogen (secondary N) is 1. The fourth-order valence-corrected chi connectivity index (χ4v) is 3.54. The summed E-state index contributed by atoms with van der Waals surface area (Å²) in [5, 5.41) is 2.82. The average molecular weight is 418 g/mol. The van der Waals surface area contributed by atoms with Gasteiger partial charge in [0, 0.05) is 45.5 Å². The third-order valence-electron chi connectivity index (χ3n) is 4.95. The van der Waals surface area contributed by atoms with Crippen molar-refractivity contribution in [1.82, 2.24) is 15.2 Å². The molecule has 0 aliphatic carbocycles. The SMILES string of the molecule is Cl.Cl.NCCNC(=O)C1CCCN(C(=O)c2ccc(N3CCCC3)nc2)C1. The summed E-state index contributed by atoms with van der Waals surface area (Å²) in [6.45, 7) is 4.12. The average Bonchev–Trinajstić information content (AvgIpc) is 3.20. The minimum Gasteiger partial charge on any atom is -0.357 e. The number of nitrogens with zero attached hydrogens (tertiary/aromatic N) is 3. The van der Waals surface area contributed by atoms with Gasteiger partial charge in [-0.1, -0.05) is 0 Å². The zero-order valence-corrected chi connectivity index (χ0v) is 17.1. The number of nitrogens with two attached hydrogens (primary N) is 1. The number of hydrogen-bond acceptors (Lipinski definition) is 5. The first-order valence-corrected chi connectivity index (χ1v) is 9.17. The second-order valence-electron chi connectivity index (χ2n) is 6.77. The summed E-state index contributed by atoms with van der Waals surface area (Å²) in [5.41, 5.74) is 6.01. The van der Waals surface area contributed by atoms with E-state index in [1.54, 1.807) is 11.1 Å². The first-order valence-electron chi connectivity index (χ1n) is 9.17. The van der Waals surface area contributed by atoms with Crippen molar-refractivity contribution in [1.29, 1.82) is 0 Å². The summed E-state index contributed by atoms with van der Waals surface area (Å²) in [6.07, 6.45) is 5.71. The fourth-order valence-electron chi connectivity index (χ4n) is 3.54. The maximum Gasteiger partial charge on any atom is 0.255 e. The van der Waals surface area contributed by atoms with E-state index in [2.05, 4.69) is 15.2 Å². The van der Waals surface area contributed by atoms with E-state index in [1.165, 1.54) is 12.8 Å². The maximum atomic E-state index is 12.7. The number of carbonyl (C=O) groups excluding carboxylic acids is 2. The molecule has 1 aromatic rings. The summed E-state index contributed by atoms with van der Waals surface area (Å²) >= 11 is 0. The van der Waals surface area contributed by atoms with Gasteiger partial charge in [0.2, 0.25) is 5.91 Å². The number of likely N-dealkylation sites (tertiary alicyclic amines) is 1. The van der Waals surface area contributed by atoms with E-state index in [-0.39, 0.29) is 42.5 Å². The number of carbonyl (C=O) groups is 2. The van der Waals surface area contributed by atoms with Gasteiger partial charge in [0.05, 0.1) is 11.5 Å². The lowest BCUT2D eigenvalue weighted by Crippen LogP contribution is -2.46. The van der Waals surface area contributed by atoms with E-state index >= 15 is 0 Å². The van der Waals surface area contributed by atoms with Crippen LogP contribution in [0.1, 0.15) is 36.0 Å². The lowest BCUT2D eigenvalue weighted by molar-refractivity contribution is -0.126. The number of halogens is 2. The molecule has 0 bridgehead atoms. The predicted molar refractivity (Wildman–Crippen MR) is 111 cm³/mol. The Balaban J connectivity index is 0.00000182. The molecule has 0 radical (unpaired) electrons. The smallest absolute Gasteiger partial charge is 0.255 e. The van der Waals surface area contributed by atoms with Crippen LogP contribution in [0.4, 0.5) is 5.82 Å². The van der Waals surface area contributed by atoms with Crippen LogP contribution < -0.4 is 16.0 Å². The minimum absolute atomic E-state index is 0. The highest BCUT2D eigenvalue weighted by Crippen LogP contribution is 2.21. The maximum absolute atomic E-state index is 12.7. The van der Waals surface area contributed by atoms with Crippen molar-refractivity contribution in [2.75, 3.05) is 44.2 Å². The molecule has 2 saturated heterocycles. The zero-order valence-electron chi connectivity index (χ0n) is 15.4. The van der Waals surface area contributed by atoms with Gasteiger partial charge in [0.1, 0.15) is 5.82 Å². The van der Waals surface area contributed by atoms with Crippen molar-refractivity contribution in [2.45, 2.75) is 25.7 Å². The van der Waals surface area contributed by atoms with Crippen LogP contribution in [0.25, 0.3) is 0 Å². The number of aromatic nitrogens is 1. The quantitative estimate of drug-likeness (QED) is 0.756. The van der Waals surface area contributed by atoms with Crippen LogP contribution in [0.15, 0.2) is 18.3 Å². The molecule has 7 nitrogen and oxygen atoms in total. The number of pyridine rings is 1. The standard InChI is InChI=1S/C18H27N5O2.2ClH/c19-7-8-20-17(24)15-4-3-11-23(13-15)18(25)14-5-6-16(21-12-14)22-9-1-2-10-22;;/h5-6,12,15H,1-4,7-11,13,19H2,(H,20,24);2*1H. The highest BCUT2D eigenvalue weighted by molar-refractivity contribution is 5.94. The third kappa shape index (κ3) is 5.96. The Kier molecular flexibility index (Phi) is 9.83. The third-order valence-corrected chi connectivity index (χ3v) is 4.95. The number of piperidine rings is 1. The molecule has 1 unspecified atom stereocenters. The second-order valence-corrected chi connectivity index (χ2v) is 6.77. The van der Waals surface area contributed by atoms with Crippen molar-refractivity contribution in [3.8, 4) is 0 Å². The number of hydrogen-bond donors (Lipinski definition) is 2. The Hall–Kier alpha value is -1.57. The molecule has 2 fully saturated rings. The van der Waals surface area contributed by atoms with Crippen LogP contribution in [0.3, 0.4) is 0 Å². The molecule has 152 valence electrons. The Morgan fingerprint density at radius 3 is 2.52 bits per heavy atom. The van der Waals surface area contributed by atoms with Gasteiger partial charge in [-0.3, -0.25) is 9.59 Å². The van der Waals surface area contributed by atoms with Crippen LogP contribution in [0.2, 0.25) is 0 Å². The molecular formula is C18H29Cl2N5O2. The van der Waals surface area contributed by atoms with Crippen LogP contribution in [-0.4, -0.2) is 61.0 Å². The van der Waals surface area contributed by atoms with Gasteiger partial charge >= 0.3 is 0 Å². The molecule has 2 aliphatic heterocycles. The van der Waals surface area contributed by atoms with Crippen molar-refractivity contribution in [2.24, 2.45) is 11.7 Å². The molecule has 3 heterocycles. The molecule has 27 heavy (non-hydrogen) atoms. The van der Waals surface area contributed by atoms with Crippen LogP contribution in [-0.2, 0) is 4.79 Å². The van der Waals surface area contributed by atoms with Gasteiger partial charge in [0.15, 0.2) is 0 Å². The predicted octanol–water partition coefficient (Wildman–Crippen LogP) is 1.45. The molecule has 2 amide bonds. The van der Waals surface area contributed by atoms with Gasteiger partial charge < -0.3 is 20.9 Å². The van der Waals surface area contributed by atoms with Gasteiger partial charge in [-0.25, -0.2) is 4.98 Å². The van der Waals surface area contributed by atoms with Crippen molar-refractivity contribution in [3.05, 3.63) is 23.9 Å². The molecule has 3 rings (SSSR count). The van der Waals surface area contributed by atoms with Crippen LogP contribution >= 0.6 is 24.8 Å². The van der Waals surface area contributed by atoms with E-state index in [1.807, 2.05) is 12.1 Å². The lowest BCUT2D eigenvalue weighted by Gasteiger charge is -2.32. The first kappa shape index (κ1) is 23.5. The molecule has 0 spiro atoms. The number of anilines is 1. The van der Waals surface area contributed by atoms with E-state index in [0.717, 1.165) is 31.7 Å². The van der Waals surface area contributed by atoms with Crippen molar-refractivity contribution >= 4 is 42.4 Å².